The van der Waals surface area contributed by atoms with Crippen LogP contribution >= 0.6 is 11.6 Å². The van der Waals surface area contributed by atoms with E-state index in [4.69, 9.17) is 17.3 Å². The number of aromatic nitrogens is 5. The Labute approximate surface area is 171 Å². The van der Waals surface area contributed by atoms with E-state index in [2.05, 4.69) is 25.4 Å². The minimum atomic E-state index is -0.389. The Morgan fingerprint density at radius 3 is 2.79 bits per heavy atom. The maximum atomic E-state index is 12.4. The molecule has 3 N–H and O–H groups in total. The minimum Gasteiger partial charge on any atom is -0.382 e. The Bertz CT molecular complexity index is 1230. The lowest BCUT2D eigenvalue weighted by Crippen LogP contribution is -2.25. The minimum absolute atomic E-state index is 0.0360. The van der Waals surface area contributed by atoms with Gasteiger partial charge in [0, 0.05) is 36.9 Å². The SMILES string of the molecule is CCNC(=O)c1nc(-c2cc(Cl)c3ncccc3c2)c(-c2ccn(C)n2)nc1N. The first-order valence-electron chi connectivity index (χ1n) is 8.98. The van der Waals surface area contributed by atoms with Crippen molar-refractivity contribution in [3.63, 3.8) is 0 Å². The summed E-state index contributed by atoms with van der Waals surface area (Å²) in [5.41, 5.74) is 9.01. The van der Waals surface area contributed by atoms with Crippen molar-refractivity contribution in [2.24, 2.45) is 7.05 Å². The van der Waals surface area contributed by atoms with Crippen LogP contribution in [0.2, 0.25) is 5.02 Å². The third-order valence-electron chi connectivity index (χ3n) is 4.36. The summed E-state index contributed by atoms with van der Waals surface area (Å²) in [5.74, 6) is -0.353. The Morgan fingerprint density at radius 1 is 1.24 bits per heavy atom. The first-order valence-corrected chi connectivity index (χ1v) is 9.36. The molecule has 0 unspecified atom stereocenters. The summed E-state index contributed by atoms with van der Waals surface area (Å²) in [5, 5.41) is 8.45. The van der Waals surface area contributed by atoms with Crippen LogP contribution in [0.5, 0.6) is 0 Å². The summed E-state index contributed by atoms with van der Waals surface area (Å²) in [6, 6.07) is 9.21. The highest BCUT2D eigenvalue weighted by Crippen LogP contribution is 2.34. The second-order valence-corrected chi connectivity index (χ2v) is 6.83. The second kappa shape index (κ2) is 7.48. The molecule has 0 saturated carbocycles. The van der Waals surface area contributed by atoms with Crippen LogP contribution in [0.1, 0.15) is 17.4 Å². The average molecular weight is 408 g/mol. The van der Waals surface area contributed by atoms with Crippen LogP contribution in [0, 0.1) is 0 Å². The highest BCUT2D eigenvalue weighted by atomic mass is 35.5. The van der Waals surface area contributed by atoms with Crippen LogP contribution in [0.15, 0.2) is 42.7 Å². The molecule has 4 aromatic rings. The number of hydrogen-bond acceptors (Lipinski definition) is 6. The van der Waals surface area contributed by atoms with Crippen LogP contribution in [0.3, 0.4) is 0 Å². The first-order chi connectivity index (χ1) is 14.0. The van der Waals surface area contributed by atoms with E-state index < -0.39 is 0 Å². The average Bonchev–Trinajstić information content (AvgIpc) is 3.14. The molecule has 29 heavy (non-hydrogen) atoms. The number of pyridine rings is 1. The fourth-order valence-electron chi connectivity index (χ4n) is 3.07. The summed E-state index contributed by atoms with van der Waals surface area (Å²) >= 11 is 6.46. The van der Waals surface area contributed by atoms with Gasteiger partial charge in [-0.3, -0.25) is 14.5 Å². The number of rotatable bonds is 4. The normalized spacial score (nSPS) is 11.0. The van der Waals surface area contributed by atoms with E-state index in [1.54, 1.807) is 23.1 Å². The van der Waals surface area contributed by atoms with E-state index in [0.29, 0.717) is 39.7 Å². The first kappa shape index (κ1) is 18.8. The lowest BCUT2D eigenvalue weighted by atomic mass is 10.0. The molecule has 0 spiro atoms. The quantitative estimate of drug-likeness (QED) is 0.537. The standard InChI is InChI=1S/C20H18ClN7O/c1-3-23-20(29)18-19(22)26-17(14-6-8-28(2)27-14)16(25-18)12-9-11-5-4-7-24-15(11)13(21)10-12/h4-10H,3H2,1-2H3,(H2,22,26)(H,23,29). The largest absolute Gasteiger partial charge is 0.382 e. The molecule has 146 valence electrons. The number of aryl methyl sites for hydroxylation is 1. The van der Waals surface area contributed by atoms with Gasteiger partial charge >= 0.3 is 0 Å². The number of hydrogen-bond donors (Lipinski definition) is 2. The highest BCUT2D eigenvalue weighted by molar-refractivity contribution is 6.35. The maximum Gasteiger partial charge on any atom is 0.273 e. The smallest absolute Gasteiger partial charge is 0.273 e. The van der Waals surface area contributed by atoms with E-state index >= 15 is 0 Å². The van der Waals surface area contributed by atoms with Crippen molar-refractivity contribution in [1.29, 1.82) is 0 Å². The molecule has 1 amide bonds. The number of nitrogens with two attached hydrogens (primary N) is 1. The number of nitrogens with one attached hydrogen (secondary N) is 1. The van der Waals surface area contributed by atoms with Gasteiger partial charge in [-0.05, 0) is 31.2 Å². The monoisotopic (exact) mass is 407 g/mol. The van der Waals surface area contributed by atoms with Gasteiger partial charge in [0.1, 0.15) is 11.4 Å². The fourth-order valence-corrected chi connectivity index (χ4v) is 3.34. The molecular formula is C20H18ClN7O. The van der Waals surface area contributed by atoms with Gasteiger partial charge in [0.15, 0.2) is 11.5 Å². The summed E-state index contributed by atoms with van der Waals surface area (Å²) in [4.78, 5) is 25.8. The maximum absolute atomic E-state index is 12.4. The Morgan fingerprint density at radius 2 is 2.07 bits per heavy atom. The van der Waals surface area contributed by atoms with Crippen molar-refractivity contribution in [3.05, 3.63) is 53.4 Å². The van der Waals surface area contributed by atoms with Gasteiger partial charge in [-0.25, -0.2) is 9.97 Å². The molecule has 1 aromatic carbocycles. The third-order valence-corrected chi connectivity index (χ3v) is 4.65. The number of benzene rings is 1. The summed E-state index contributed by atoms with van der Waals surface area (Å²) in [7, 11) is 1.81. The Kier molecular flexibility index (Phi) is 4.85. The number of fused-ring (bicyclic) bond motifs is 1. The zero-order valence-electron chi connectivity index (χ0n) is 15.8. The molecule has 9 heteroatoms. The van der Waals surface area contributed by atoms with Gasteiger partial charge in [-0.2, -0.15) is 5.10 Å². The molecule has 0 aliphatic rings. The molecule has 4 rings (SSSR count). The number of carbonyl (C=O) groups excluding carboxylic acids is 1. The molecule has 0 atom stereocenters. The molecule has 8 nitrogen and oxygen atoms in total. The van der Waals surface area contributed by atoms with Crippen LogP contribution in [0.4, 0.5) is 5.82 Å². The van der Waals surface area contributed by atoms with E-state index in [0.717, 1.165) is 5.39 Å². The van der Waals surface area contributed by atoms with E-state index in [9.17, 15) is 4.79 Å². The lowest BCUT2D eigenvalue weighted by Gasteiger charge is -2.12. The lowest BCUT2D eigenvalue weighted by molar-refractivity contribution is 0.0951. The van der Waals surface area contributed by atoms with Gasteiger partial charge in [-0.1, -0.05) is 17.7 Å². The Balaban J connectivity index is 1.99. The highest BCUT2D eigenvalue weighted by Gasteiger charge is 2.21. The molecule has 0 aliphatic carbocycles. The number of amides is 1. The van der Waals surface area contributed by atoms with Crippen LogP contribution in [0.25, 0.3) is 33.5 Å². The van der Waals surface area contributed by atoms with E-state index in [1.807, 2.05) is 38.2 Å². The molecule has 0 fully saturated rings. The van der Waals surface area contributed by atoms with Crippen molar-refractivity contribution >= 4 is 34.2 Å². The summed E-state index contributed by atoms with van der Waals surface area (Å²) < 4.78 is 1.66. The van der Waals surface area contributed by atoms with Gasteiger partial charge in [0.2, 0.25) is 0 Å². The van der Waals surface area contributed by atoms with E-state index in [-0.39, 0.29) is 17.4 Å². The molecule has 0 radical (unpaired) electrons. The molecule has 0 aliphatic heterocycles. The molecular weight excluding hydrogens is 390 g/mol. The second-order valence-electron chi connectivity index (χ2n) is 6.42. The zero-order valence-corrected chi connectivity index (χ0v) is 16.6. The third kappa shape index (κ3) is 3.50. The predicted octanol–water partition coefficient (Wildman–Crippen LogP) is 3.08. The van der Waals surface area contributed by atoms with Crippen molar-refractivity contribution in [2.75, 3.05) is 12.3 Å². The molecule has 0 bridgehead atoms. The van der Waals surface area contributed by atoms with Crippen molar-refractivity contribution < 1.29 is 4.79 Å². The fraction of sp³-hybridized carbons (Fsp3) is 0.150. The van der Waals surface area contributed by atoms with Gasteiger partial charge < -0.3 is 11.1 Å². The van der Waals surface area contributed by atoms with Crippen molar-refractivity contribution in [3.8, 4) is 22.6 Å². The van der Waals surface area contributed by atoms with Gasteiger partial charge in [0.05, 0.1) is 16.2 Å². The van der Waals surface area contributed by atoms with Crippen molar-refractivity contribution in [2.45, 2.75) is 6.92 Å². The zero-order chi connectivity index (χ0) is 20.5. The van der Waals surface area contributed by atoms with Crippen LogP contribution < -0.4 is 11.1 Å². The number of halogens is 1. The summed E-state index contributed by atoms with van der Waals surface area (Å²) in [6.45, 7) is 2.27. The Hall–Kier alpha value is -3.52. The molecule has 0 saturated heterocycles. The topological polar surface area (TPSA) is 112 Å². The number of carbonyl (C=O) groups is 1. The number of nitrogens with zero attached hydrogens (tertiary/aromatic N) is 5. The van der Waals surface area contributed by atoms with Gasteiger partial charge in [-0.15, -0.1) is 0 Å². The van der Waals surface area contributed by atoms with Crippen molar-refractivity contribution in [1.82, 2.24) is 30.0 Å². The van der Waals surface area contributed by atoms with E-state index in [1.165, 1.54) is 0 Å². The molecule has 3 aromatic heterocycles. The number of nitrogen functional groups attached to an aromatic ring is 1. The summed E-state index contributed by atoms with van der Waals surface area (Å²) in [6.07, 6.45) is 3.48. The van der Waals surface area contributed by atoms with Crippen LogP contribution in [-0.4, -0.2) is 37.2 Å². The van der Waals surface area contributed by atoms with Gasteiger partial charge in [0.25, 0.3) is 5.91 Å². The molecule has 3 heterocycles. The number of anilines is 1. The predicted molar refractivity (Wildman–Crippen MR) is 112 cm³/mol. The van der Waals surface area contributed by atoms with Crippen LogP contribution in [-0.2, 0) is 7.05 Å².